The Labute approximate surface area is 183 Å². The number of nitrogens with one attached hydrogen (secondary N) is 1. The van der Waals surface area contributed by atoms with Crippen LogP contribution in [0.5, 0.6) is 17.4 Å². The number of methoxy groups -OCH3 is 1. The highest BCUT2D eigenvalue weighted by molar-refractivity contribution is 6.03. The van der Waals surface area contributed by atoms with Crippen molar-refractivity contribution in [2.45, 2.75) is 6.61 Å². The summed E-state index contributed by atoms with van der Waals surface area (Å²) < 4.78 is 18.0. The van der Waals surface area contributed by atoms with Crippen molar-refractivity contribution in [3.8, 4) is 17.4 Å². The SMILES string of the molecule is COC(=O)CNC(=O)c1c(OCc2ccccc2)cc(Oc2ccccc2)n2ncnc12. The molecule has 9 heteroatoms. The van der Waals surface area contributed by atoms with Gasteiger partial charge in [0.1, 0.15) is 36.5 Å². The first-order valence-corrected chi connectivity index (χ1v) is 9.77. The van der Waals surface area contributed by atoms with Crippen molar-refractivity contribution in [3.63, 3.8) is 0 Å². The monoisotopic (exact) mass is 432 g/mol. The summed E-state index contributed by atoms with van der Waals surface area (Å²) in [6.07, 6.45) is 1.31. The molecule has 0 saturated heterocycles. The number of carbonyl (C=O) groups excluding carboxylic acids is 2. The van der Waals surface area contributed by atoms with Crippen molar-refractivity contribution in [2.24, 2.45) is 0 Å². The maximum Gasteiger partial charge on any atom is 0.325 e. The van der Waals surface area contributed by atoms with Crippen LogP contribution in [0.4, 0.5) is 0 Å². The van der Waals surface area contributed by atoms with Crippen molar-refractivity contribution in [1.82, 2.24) is 19.9 Å². The molecule has 9 nitrogen and oxygen atoms in total. The van der Waals surface area contributed by atoms with E-state index in [-0.39, 0.29) is 30.1 Å². The van der Waals surface area contributed by atoms with Crippen LogP contribution in [0.15, 0.2) is 73.1 Å². The number of carbonyl (C=O) groups is 2. The summed E-state index contributed by atoms with van der Waals surface area (Å²) in [5.74, 6) is 0.00877. The Morgan fingerprint density at radius 2 is 1.75 bits per heavy atom. The van der Waals surface area contributed by atoms with E-state index in [1.807, 2.05) is 48.5 Å². The molecule has 2 aromatic heterocycles. The fourth-order valence-corrected chi connectivity index (χ4v) is 2.99. The molecule has 0 radical (unpaired) electrons. The minimum absolute atomic E-state index is 0.128. The Kier molecular flexibility index (Phi) is 6.26. The number of para-hydroxylation sites is 1. The van der Waals surface area contributed by atoms with Crippen LogP contribution in [-0.4, -0.2) is 40.1 Å². The maximum absolute atomic E-state index is 13.0. The van der Waals surface area contributed by atoms with Crippen LogP contribution in [0.2, 0.25) is 0 Å². The van der Waals surface area contributed by atoms with Gasteiger partial charge in [-0.1, -0.05) is 48.5 Å². The number of nitrogens with zero attached hydrogens (tertiary/aromatic N) is 3. The average Bonchev–Trinajstić information content (AvgIpc) is 3.32. The minimum Gasteiger partial charge on any atom is -0.488 e. The number of pyridine rings is 1. The van der Waals surface area contributed by atoms with E-state index in [0.29, 0.717) is 11.6 Å². The van der Waals surface area contributed by atoms with Crippen molar-refractivity contribution >= 4 is 17.5 Å². The number of hydrogen-bond acceptors (Lipinski definition) is 7. The van der Waals surface area contributed by atoms with Gasteiger partial charge in [0.05, 0.1) is 7.11 Å². The van der Waals surface area contributed by atoms with Crippen molar-refractivity contribution < 1.29 is 23.8 Å². The molecular formula is C23H20N4O5. The molecule has 0 aliphatic heterocycles. The van der Waals surface area contributed by atoms with Gasteiger partial charge in [-0.25, -0.2) is 4.98 Å². The average molecular weight is 432 g/mol. The Hall–Kier alpha value is -4.40. The zero-order valence-electron chi connectivity index (χ0n) is 17.2. The second kappa shape index (κ2) is 9.61. The van der Waals surface area contributed by atoms with E-state index in [1.165, 1.54) is 18.0 Å². The molecule has 162 valence electrons. The summed E-state index contributed by atoms with van der Waals surface area (Å²) in [5.41, 5.74) is 1.27. The summed E-state index contributed by atoms with van der Waals surface area (Å²) in [6.45, 7) is -0.0801. The zero-order chi connectivity index (χ0) is 22.3. The number of fused-ring (bicyclic) bond motifs is 1. The summed E-state index contributed by atoms with van der Waals surface area (Å²) in [5, 5.41) is 6.71. The van der Waals surface area contributed by atoms with Gasteiger partial charge in [-0.3, -0.25) is 9.59 Å². The van der Waals surface area contributed by atoms with E-state index in [0.717, 1.165) is 5.56 Å². The van der Waals surface area contributed by atoms with Gasteiger partial charge in [0.2, 0.25) is 5.88 Å². The standard InChI is InChI=1S/C23H20N4O5/c1-30-20(28)13-24-23(29)21-18(31-14-16-8-4-2-5-9-16)12-19(27-22(21)25-15-26-27)32-17-10-6-3-7-11-17/h2-12,15H,13-14H2,1H3,(H,24,29). The molecule has 0 aliphatic carbocycles. The first kappa shape index (κ1) is 20.9. The Morgan fingerprint density at radius 1 is 1.03 bits per heavy atom. The quantitative estimate of drug-likeness (QED) is 0.427. The van der Waals surface area contributed by atoms with E-state index in [9.17, 15) is 9.59 Å². The van der Waals surface area contributed by atoms with Crippen LogP contribution >= 0.6 is 0 Å². The lowest BCUT2D eigenvalue weighted by atomic mass is 10.2. The topological polar surface area (TPSA) is 104 Å². The highest BCUT2D eigenvalue weighted by Crippen LogP contribution is 2.31. The highest BCUT2D eigenvalue weighted by Gasteiger charge is 2.23. The molecule has 0 atom stereocenters. The van der Waals surface area contributed by atoms with Gasteiger partial charge in [-0.05, 0) is 17.7 Å². The molecule has 0 spiro atoms. The molecule has 1 amide bonds. The lowest BCUT2D eigenvalue weighted by molar-refractivity contribution is -0.139. The number of rotatable bonds is 8. The molecule has 1 N–H and O–H groups in total. The zero-order valence-corrected chi connectivity index (χ0v) is 17.2. The smallest absolute Gasteiger partial charge is 0.325 e. The van der Waals surface area contributed by atoms with Crippen LogP contribution in [-0.2, 0) is 16.1 Å². The van der Waals surface area contributed by atoms with E-state index in [4.69, 9.17) is 9.47 Å². The largest absolute Gasteiger partial charge is 0.488 e. The third-order valence-electron chi connectivity index (χ3n) is 4.53. The van der Waals surface area contributed by atoms with Gasteiger partial charge in [0.25, 0.3) is 5.91 Å². The summed E-state index contributed by atoms with van der Waals surface area (Å²) >= 11 is 0. The molecule has 32 heavy (non-hydrogen) atoms. The van der Waals surface area contributed by atoms with Gasteiger partial charge in [-0.15, -0.1) is 0 Å². The normalized spacial score (nSPS) is 10.5. The van der Waals surface area contributed by atoms with Gasteiger partial charge in [0.15, 0.2) is 5.65 Å². The first-order valence-electron chi connectivity index (χ1n) is 9.77. The third kappa shape index (κ3) is 4.67. The highest BCUT2D eigenvalue weighted by atomic mass is 16.5. The van der Waals surface area contributed by atoms with E-state index in [1.54, 1.807) is 18.2 Å². The van der Waals surface area contributed by atoms with Crippen LogP contribution in [0.1, 0.15) is 15.9 Å². The Morgan fingerprint density at radius 3 is 2.47 bits per heavy atom. The van der Waals surface area contributed by atoms with Crippen LogP contribution in [0, 0.1) is 0 Å². The minimum atomic E-state index is -0.577. The van der Waals surface area contributed by atoms with Crippen molar-refractivity contribution in [1.29, 1.82) is 0 Å². The molecule has 0 aliphatic rings. The van der Waals surface area contributed by atoms with E-state index >= 15 is 0 Å². The first-order chi connectivity index (χ1) is 15.7. The predicted molar refractivity (Wildman–Crippen MR) is 115 cm³/mol. The summed E-state index contributed by atoms with van der Waals surface area (Å²) in [6, 6.07) is 20.2. The summed E-state index contributed by atoms with van der Waals surface area (Å²) in [7, 11) is 1.25. The molecule has 0 bridgehead atoms. The molecule has 0 fully saturated rings. The van der Waals surface area contributed by atoms with E-state index in [2.05, 4.69) is 20.1 Å². The molecule has 4 aromatic rings. The molecule has 0 saturated carbocycles. The van der Waals surface area contributed by atoms with E-state index < -0.39 is 11.9 Å². The molecule has 0 unspecified atom stereocenters. The van der Waals surface area contributed by atoms with Crippen molar-refractivity contribution in [3.05, 3.63) is 84.2 Å². The number of amides is 1. The maximum atomic E-state index is 13.0. The van der Waals surface area contributed by atoms with Gasteiger partial charge in [0, 0.05) is 6.07 Å². The van der Waals surface area contributed by atoms with Gasteiger partial charge < -0.3 is 19.5 Å². The van der Waals surface area contributed by atoms with Gasteiger partial charge >= 0.3 is 5.97 Å². The van der Waals surface area contributed by atoms with Crippen LogP contribution < -0.4 is 14.8 Å². The fraction of sp³-hybridized carbons (Fsp3) is 0.130. The number of esters is 1. The lowest BCUT2D eigenvalue weighted by Gasteiger charge is -2.15. The Balaban J connectivity index is 1.73. The number of hydrogen-bond donors (Lipinski definition) is 1. The summed E-state index contributed by atoms with van der Waals surface area (Å²) in [4.78, 5) is 28.7. The third-order valence-corrected chi connectivity index (χ3v) is 4.53. The number of ether oxygens (including phenoxy) is 3. The number of aromatic nitrogens is 3. The van der Waals surface area contributed by atoms with Crippen LogP contribution in [0.25, 0.3) is 5.65 Å². The van der Waals surface area contributed by atoms with Crippen molar-refractivity contribution in [2.75, 3.05) is 13.7 Å². The second-order valence-electron chi connectivity index (χ2n) is 6.67. The molecule has 4 rings (SSSR count). The van der Waals surface area contributed by atoms with Crippen LogP contribution in [0.3, 0.4) is 0 Å². The second-order valence-corrected chi connectivity index (χ2v) is 6.67. The number of benzene rings is 2. The Bertz CT molecular complexity index is 1230. The molecular weight excluding hydrogens is 412 g/mol. The fourth-order valence-electron chi connectivity index (χ4n) is 2.99. The lowest BCUT2D eigenvalue weighted by Crippen LogP contribution is -2.31. The van der Waals surface area contributed by atoms with Gasteiger partial charge in [-0.2, -0.15) is 9.61 Å². The molecule has 2 heterocycles. The molecule has 2 aromatic carbocycles. The predicted octanol–water partition coefficient (Wildman–Crippen LogP) is 3.00.